The van der Waals surface area contributed by atoms with Crippen molar-refractivity contribution >= 4 is 34.1 Å². The molecule has 0 fully saturated rings. The number of amides is 1. The Labute approximate surface area is 85.7 Å². The quantitative estimate of drug-likeness (QED) is 0.811. The maximum atomic E-state index is 11.9. The van der Waals surface area contributed by atoms with Crippen molar-refractivity contribution in [2.45, 2.75) is 17.5 Å². The van der Waals surface area contributed by atoms with Crippen molar-refractivity contribution < 1.29 is 18.0 Å². The normalized spacial score (nSPS) is 11.4. The van der Waals surface area contributed by atoms with E-state index in [1.165, 1.54) is 12.3 Å². The van der Waals surface area contributed by atoms with E-state index < -0.39 is 5.51 Å². The van der Waals surface area contributed by atoms with E-state index in [0.29, 0.717) is 0 Å². The van der Waals surface area contributed by atoms with Gasteiger partial charge in [0.05, 0.1) is 0 Å². The number of rotatable bonds is 2. The van der Waals surface area contributed by atoms with Gasteiger partial charge in [-0.05, 0) is 0 Å². The first-order chi connectivity index (χ1) is 6.37. The van der Waals surface area contributed by atoms with Gasteiger partial charge in [0.2, 0.25) is 5.91 Å². The maximum absolute atomic E-state index is 11.9. The number of hydrogen-bond donors (Lipinski definition) is 1. The molecule has 1 amide bonds. The summed E-state index contributed by atoms with van der Waals surface area (Å²) in [7, 11) is 0. The van der Waals surface area contributed by atoms with Gasteiger partial charge in [-0.25, -0.2) is 4.98 Å². The summed E-state index contributed by atoms with van der Waals surface area (Å²) >= 11 is 0.651. The summed E-state index contributed by atoms with van der Waals surface area (Å²) in [6, 6.07) is 0. The summed E-state index contributed by atoms with van der Waals surface area (Å²) in [5, 5.41) is 3.55. The Hall–Kier alpha value is -0.760. The average molecular weight is 242 g/mol. The summed E-state index contributed by atoms with van der Waals surface area (Å²) in [5.74, 6) is -0.358. The molecule has 78 valence electrons. The van der Waals surface area contributed by atoms with Gasteiger partial charge in [0.25, 0.3) is 0 Å². The fourth-order valence-electron chi connectivity index (χ4n) is 0.632. The number of halogens is 3. The molecule has 1 aromatic rings. The number of nitrogens with zero attached hydrogens (tertiary/aromatic N) is 1. The van der Waals surface area contributed by atoms with Crippen LogP contribution in [-0.2, 0) is 4.79 Å². The molecule has 0 bridgehead atoms. The molecule has 1 N–H and O–H groups in total. The molecule has 14 heavy (non-hydrogen) atoms. The highest BCUT2D eigenvalue weighted by Gasteiger charge is 2.30. The fraction of sp³-hybridized carbons (Fsp3) is 0.333. The number of alkyl halides is 3. The first kappa shape index (κ1) is 11.3. The van der Waals surface area contributed by atoms with Gasteiger partial charge >= 0.3 is 5.51 Å². The number of hydrogen-bond acceptors (Lipinski definition) is 4. The van der Waals surface area contributed by atoms with E-state index in [2.05, 4.69) is 10.3 Å². The summed E-state index contributed by atoms with van der Waals surface area (Å²) in [6.07, 6.45) is 0. The Bertz CT molecular complexity index is 336. The van der Waals surface area contributed by atoms with Gasteiger partial charge in [-0.1, -0.05) is 0 Å². The minimum Gasteiger partial charge on any atom is -0.302 e. The summed E-state index contributed by atoms with van der Waals surface area (Å²) in [6.45, 7) is 1.26. The van der Waals surface area contributed by atoms with Gasteiger partial charge in [-0.2, -0.15) is 13.2 Å². The van der Waals surface area contributed by atoms with Crippen molar-refractivity contribution in [3.8, 4) is 0 Å². The lowest BCUT2D eigenvalue weighted by molar-refractivity contribution is -0.114. The molecule has 8 heteroatoms. The zero-order chi connectivity index (χ0) is 10.8. The topological polar surface area (TPSA) is 42.0 Å². The average Bonchev–Trinajstić information content (AvgIpc) is 2.30. The molecule has 0 radical (unpaired) electrons. The second-order valence-electron chi connectivity index (χ2n) is 2.22. The summed E-state index contributed by atoms with van der Waals surface area (Å²) < 4.78 is 35.6. The van der Waals surface area contributed by atoms with Crippen LogP contribution in [0.5, 0.6) is 0 Å². The smallest absolute Gasteiger partial charge is 0.302 e. The largest absolute Gasteiger partial charge is 0.447 e. The van der Waals surface area contributed by atoms with Crippen LogP contribution in [0.4, 0.5) is 18.3 Å². The summed E-state index contributed by atoms with van der Waals surface area (Å²) in [4.78, 5) is 14.1. The van der Waals surface area contributed by atoms with Crippen molar-refractivity contribution in [3.63, 3.8) is 0 Å². The molecule has 0 spiro atoms. The van der Waals surface area contributed by atoms with Gasteiger partial charge in [0.15, 0.2) is 5.13 Å². The standard InChI is InChI=1S/C6H5F3N2OS2/c1-3(12)10-5-11-4(2-13-5)14-6(7,8)9/h2H,1H3,(H,10,11,12). The first-order valence-electron chi connectivity index (χ1n) is 3.36. The molecule has 0 saturated heterocycles. The molecule has 0 aliphatic carbocycles. The van der Waals surface area contributed by atoms with Gasteiger partial charge in [0, 0.05) is 24.1 Å². The lowest BCUT2D eigenvalue weighted by atomic mass is 10.7. The van der Waals surface area contributed by atoms with E-state index in [4.69, 9.17) is 0 Å². The zero-order valence-corrected chi connectivity index (χ0v) is 8.52. The van der Waals surface area contributed by atoms with Gasteiger partial charge < -0.3 is 5.32 Å². The van der Waals surface area contributed by atoms with Gasteiger partial charge in [-0.3, -0.25) is 4.79 Å². The Morgan fingerprint density at radius 1 is 1.64 bits per heavy atom. The van der Waals surface area contributed by atoms with Crippen molar-refractivity contribution in [1.82, 2.24) is 4.98 Å². The second kappa shape index (κ2) is 4.18. The minimum atomic E-state index is -4.35. The lowest BCUT2D eigenvalue weighted by Gasteiger charge is -2.00. The van der Waals surface area contributed by atoms with E-state index >= 15 is 0 Å². The van der Waals surface area contributed by atoms with Crippen molar-refractivity contribution in [3.05, 3.63) is 5.38 Å². The monoisotopic (exact) mass is 242 g/mol. The van der Waals surface area contributed by atoms with Crippen LogP contribution in [0.15, 0.2) is 10.4 Å². The SMILES string of the molecule is CC(=O)Nc1nc(SC(F)(F)F)cs1. The Kier molecular flexibility index (Phi) is 3.38. The summed E-state index contributed by atoms with van der Waals surface area (Å²) in [5.41, 5.74) is -4.35. The Morgan fingerprint density at radius 3 is 2.79 bits per heavy atom. The molecule has 1 aromatic heterocycles. The minimum absolute atomic E-state index is 0.161. The van der Waals surface area contributed by atoms with Crippen molar-refractivity contribution in [2.75, 3.05) is 5.32 Å². The second-order valence-corrected chi connectivity index (χ2v) is 4.16. The first-order valence-corrected chi connectivity index (χ1v) is 5.05. The molecule has 0 aromatic carbocycles. The fourth-order valence-corrected chi connectivity index (χ4v) is 2.02. The van der Waals surface area contributed by atoms with Crippen LogP contribution >= 0.6 is 23.1 Å². The molecule has 0 saturated carbocycles. The third kappa shape index (κ3) is 3.97. The predicted molar refractivity (Wildman–Crippen MR) is 48.3 cm³/mol. The van der Waals surface area contributed by atoms with Crippen LogP contribution < -0.4 is 5.32 Å². The van der Waals surface area contributed by atoms with E-state index in [-0.39, 0.29) is 27.8 Å². The number of carbonyl (C=O) groups excluding carboxylic acids is 1. The Morgan fingerprint density at radius 2 is 2.29 bits per heavy atom. The molecule has 3 nitrogen and oxygen atoms in total. The Balaban J connectivity index is 2.64. The van der Waals surface area contributed by atoms with Crippen LogP contribution in [0, 0.1) is 0 Å². The van der Waals surface area contributed by atoms with E-state index in [9.17, 15) is 18.0 Å². The highest BCUT2D eigenvalue weighted by Crippen LogP contribution is 2.37. The van der Waals surface area contributed by atoms with Crippen LogP contribution in [0.3, 0.4) is 0 Å². The van der Waals surface area contributed by atoms with Gasteiger partial charge in [0.1, 0.15) is 5.03 Å². The van der Waals surface area contributed by atoms with Crippen LogP contribution in [0.25, 0.3) is 0 Å². The van der Waals surface area contributed by atoms with E-state index in [0.717, 1.165) is 11.3 Å². The third-order valence-electron chi connectivity index (χ3n) is 0.986. The van der Waals surface area contributed by atoms with Crippen LogP contribution in [0.2, 0.25) is 0 Å². The number of thiazole rings is 1. The molecule has 0 unspecified atom stereocenters. The lowest BCUT2D eigenvalue weighted by Crippen LogP contribution is -2.05. The number of thioether (sulfide) groups is 1. The molecular formula is C6H5F3N2OS2. The predicted octanol–water partition coefficient (Wildman–Crippen LogP) is 2.71. The number of carbonyl (C=O) groups is 1. The molecule has 0 aliphatic rings. The highest BCUT2D eigenvalue weighted by atomic mass is 32.2. The maximum Gasteiger partial charge on any atom is 0.447 e. The molecule has 1 heterocycles. The van der Waals surface area contributed by atoms with E-state index in [1.807, 2.05) is 0 Å². The third-order valence-corrected chi connectivity index (χ3v) is 2.54. The molecular weight excluding hydrogens is 237 g/mol. The zero-order valence-electron chi connectivity index (χ0n) is 6.88. The number of nitrogens with one attached hydrogen (secondary N) is 1. The van der Waals surface area contributed by atoms with Crippen molar-refractivity contribution in [1.29, 1.82) is 0 Å². The van der Waals surface area contributed by atoms with Crippen molar-refractivity contribution in [2.24, 2.45) is 0 Å². The van der Waals surface area contributed by atoms with Crippen LogP contribution in [-0.4, -0.2) is 16.4 Å². The number of anilines is 1. The van der Waals surface area contributed by atoms with Gasteiger partial charge in [-0.15, -0.1) is 11.3 Å². The molecule has 0 aliphatic heterocycles. The highest BCUT2D eigenvalue weighted by molar-refractivity contribution is 8.00. The number of aromatic nitrogens is 1. The van der Waals surface area contributed by atoms with Crippen LogP contribution in [0.1, 0.15) is 6.92 Å². The molecule has 1 rings (SSSR count). The van der Waals surface area contributed by atoms with E-state index in [1.54, 1.807) is 0 Å². The molecule has 0 atom stereocenters.